The topological polar surface area (TPSA) is 50.9 Å². The predicted octanol–water partition coefficient (Wildman–Crippen LogP) is 5.74. The van der Waals surface area contributed by atoms with Crippen LogP contribution in [0.4, 0.5) is 17.1 Å². The summed E-state index contributed by atoms with van der Waals surface area (Å²) in [7, 11) is 0. The van der Waals surface area contributed by atoms with E-state index in [4.69, 9.17) is 17.3 Å². The highest BCUT2D eigenvalue weighted by Gasteiger charge is 2.08. The van der Waals surface area contributed by atoms with Gasteiger partial charge in [-0.3, -0.25) is 4.98 Å². The number of nitrogens with one attached hydrogen (secondary N) is 1. The van der Waals surface area contributed by atoms with E-state index in [1.165, 1.54) is 0 Å². The molecule has 0 aliphatic heterocycles. The van der Waals surface area contributed by atoms with Gasteiger partial charge in [-0.1, -0.05) is 11.6 Å². The smallest absolute Gasteiger partial charge is 0.0958 e. The van der Waals surface area contributed by atoms with Gasteiger partial charge in [-0.2, -0.15) is 0 Å². The van der Waals surface area contributed by atoms with Crippen molar-refractivity contribution in [1.82, 2.24) is 4.98 Å². The Balaban J connectivity index is 2.11. The van der Waals surface area contributed by atoms with Crippen molar-refractivity contribution in [3.05, 3.63) is 56.6 Å². The van der Waals surface area contributed by atoms with E-state index in [0.29, 0.717) is 10.7 Å². The molecule has 0 spiro atoms. The summed E-state index contributed by atoms with van der Waals surface area (Å²) in [5.41, 5.74) is 9.33. The second-order valence-electron chi connectivity index (χ2n) is 4.50. The van der Waals surface area contributed by atoms with E-state index in [9.17, 15) is 0 Å². The molecule has 0 fully saturated rings. The molecule has 0 amide bonds. The monoisotopic (exact) mass is 425 g/mol. The summed E-state index contributed by atoms with van der Waals surface area (Å²) in [4.78, 5) is 4.45. The fourth-order valence-electron chi connectivity index (χ4n) is 2.05. The van der Waals surface area contributed by atoms with E-state index in [1.807, 2.05) is 36.4 Å². The van der Waals surface area contributed by atoms with Crippen LogP contribution >= 0.6 is 43.5 Å². The Bertz CT molecular complexity index is 837. The third-order valence-corrected chi connectivity index (χ3v) is 4.38. The maximum atomic E-state index is 6.02. The molecule has 0 radical (unpaired) electrons. The molecule has 0 saturated carbocycles. The zero-order valence-electron chi connectivity index (χ0n) is 10.7. The van der Waals surface area contributed by atoms with Crippen LogP contribution in [0.2, 0.25) is 5.02 Å². The van der Waals surface area contributed by atoms with Crippen LogP contribution in [0.25, 0.3) is 10.9 Å². The Morgan fingerprint density at radius 1 is 1.05 bits per heavy atom. The molecule has 2 aromatic carbocycles. The highest BCUT2D eigenvalue weighted by molar-refractivity contribution is 9.10. The van der Waals surface area contributed by atoms with Crippen LogP contribution in [0.5, 0.6) is 0 Å². The SMILES string of the molecule is Nc1ccc(Nc2ccc(Cl)cc2Br)c2ncc(Br)cc12. The van der Waals surface area contributed by atoms with Gasteiger partial charge >= 0.3 is 0 Å². The molecule has 3 N–H and O–H groups in total. The molecule has 21 heavy (non-hydrogen) atoms. The number of hydrogen-bond donors (Lipinski definition) is 2. The number of fused-ring (bicyclic) bond motifs is 1. The van der Waals surface area contributed by atoms with Crippen molar-refractivity contribution >= 4 is 71.4 Å². The maximum absolute atomic E-state index is 6.02. The van der Waals surface area contributed by atoms with Crippen molar-refractivity contribution in [1.29, 1.82) is 0 Å². The number of hydrogen-bond acceptors (Lipinski definition) is 3. The van der Waals surface area contributed by atoms with E-state index in [0.717, 1.165) is 31.2 Å². The van der Waals surface area contributed by atoms with Gasteiger partial charge in [0.05, 0.1) is 16.9 Å². The number of halogens is 3. The molecule has 0 aliphatic carbocycles. The minimum atomic E-state index is 0.677. The van der Waals surface area contributed by atoms with Crippen LogP contribution < -0.4 is 11.1 Å². The molecule has 0 atom stereocenters. The largest absolute Gasteiger partial charge is 0.398 e. The van der Waals surface area contributed by atoms with Gasteiger partial charge in [-0.15, -0.1) is 0 Å². The molecule has 106 valence electrons. The zero-order chi connectivity index (χ0) is 15.0. The molecule has 0 unspecified atom stereocenters. The normalized spacial score (nSPS) is 10.8. The number of nitrogens with zero attached hydrogens (tertiary/aromatic N) is 1. The zero-order valence-corrected chi connectivity index (χ0v) is 14.6. The second-order valence-corrected chi connectivity index (χ2v) is 6.71. The number of pyridine rings is 1. The van der Waals surface area contributed by atoms with Crippen LogP contribution in [0, 0.1) is 0 Å². The lowest BCUT2D eigenvalue weighted by Gasteiger charge is -2.12. The Labute approximate surface area is 143 Å². The summed E-state index contributed by atoms with van der Waals surface area (Å²) in [6, 6.07) is 11.3. The van der Waals surface area contributed by atoms with Crippen LogP contribution in [0.15, 0.2) is 51.5 Å². The molecule has 3 rings (SSSR count). The van der Waals surface area contributed by atoms with Gasteiger partial charge in [-0.05, 0) is 68.3 Å². The number of nitrogens with two attached hydrogens (primary N) is 1. The molecule has 3 nitrogen and oxygen atoms in total. The summed E-state index contributed by atoms with van der Waals surface area (Å²) in [6.45, 7) is 0. The summed E-state index contributed by atoms with van der Waals surface area (Å²) < 4.78 is 1.78. The fraction of sp³-hybridized carbons (Fsp3) is 0. The molecule has 0 aliphatic rings. The van der Waals surface area contributed by atoms with Gasteiger partial charge in [0.25, 0.3) is 0 Å². The van der Waals surface area contributed by atoms with Crippen molar-refractivity contribution in [2.75, 3.05) is 11.1 Å². The standard InChI is InChI=1S/C15H10Br2ClN3/c16-8-5-10-12(19)2-4-14(15(10)20-7-8)21-13-3-1-9(18)6-11(13)17/h1-7,21H,19H2. The first-order valence-electron chi connectivity index (χ1n) is 6.10. The van der Waals surface area contributed by atoms with E-state index >= 15 is 0 Å². The second kappa shape index (κ2) is 5.83. The quantitative estimate of drug-likeness (QED) is 0.513. The van der Waals surface area contributed by atoms with E-state index < -0.39 is 0 Å². The Morgan fingerprint density at radius 3 is 2.57 bits per heavy atom. The number of nitrogen functional groups attached to an aromatic ring is 1. The molecule has 3 aromatic rings. The third kappa shape index (κ3) is 3.00. The Hall–Kier alpha value is -1.30. The average molecular weight is 428 g/mol. The van der Waals surface area contributed by atoms with Gasteiger partial charge in [0.1, 0.15) is 0 Å². The van der Waals surface area contributed by atoms with Crippen LogP contribution in [0.1, 0.15) is 0 Å². The lowest BCUT2D eigenvalue weighted by molar-refractivity contribution is 1.38. The van der Waals surface area contributed by atoms with Crippen molar-refractivity contribution in [2.45, 2.75) is 0 Å². The Morgan fingerprint density at radius 2 is 1.81 bits per heavy atom. The molecular weight excluding hydrogens is 417 g/mol. The lowest BCUT2D eigenvalue weighted by atomic mass is 10.1. The van der Waals surface area contributed by atoms with Gasteiger partial charge in [-0.25, -0.2) is 0 Å². The lowest BCUT2D eigenvalue weighted by Crippen LogP contribution is -1.96. The molecule has 6 heteroatoms. The molecular formula is C15H10Br2ClN3. The van der Waals surface area contributed by atoms with Crippen molar-refractivity contribution in [2.24, 2.45) is 0 Å². The number of anilines is 3. The van der Waals surface area contributed by atoms with Gasteiger partial charge in [0, 0.05) is 31.2 Å². The first-order valence-corrected chi connectivity index (χ1v) is 8.07. The van der Waals surface area contributed by atoms with E-state index in [1.54, 1.807) is 6.20 Å². The van der Waals surface area contributed by atoms with Gasteiger partial charge in [0.2, 0.25) is 0 Å². The number of rotatable bonds is 2. The summed E-state index contributed by atoms with van der Waals surface area (Å²) >= 11 is 12.9. The molecule has 1 heterocycles. The minimum absolute atomic E-state index is 0.677. The third-order valence-electron chi connectivity index (χ3n) is 3.05. The van der Waals surface area contributed by atoms with E-state index in [2.05, 4.69) is 42.2 Å². The Kier molecular flexibility index (Phi) is 4.06. The predicted molar refractivity (Wildman–Crippen MR) is 96.3 cm³/mol. The molecule has 0 bridgehead atoms. The average Bonchev–Trinajstić information content (AvgIpc) is 2.45. The first-order chi connectivity index (χ1) is 10.0. The highest BCUT2D eigenvalue weighted by Crippen LogP contribution is 2.33. The van der Waals surface area contributed by atoms with Crippen molar-refractivity contribution < 1.29 is 0 Å². The van der Waals surface area contributed by atoms with Crippen LogP contribution in [-0.2, 0) is 0 Å². The molecule has 0 saturated heterocycles. The van der Waals surface area contributed by atoms with Crippen molar-refractivity contribution in [3.63, 3.8) is 0 Å². The van der Waals surface area contributed by atoms with E-state index in [-0.39, 0.29) is 0 Å². The number of benzene rings is 2. The fourth-order valence-corrected chi connectivity index (χ4v) is 3.17. The van der Waals surface area contributed by atoms with Crippen molar-refractivity contribution in [3.8, 4) is 0 Å². The number of aromatic nitrogens is 1. The highest BCUT2D eigenvalue weighted by atomic mass is 79.9. The van der Waals surface area contributed by atoms with Gasteiger partial charge in [0.15, 0.2) is 0 Å². The van der Waals surface area contributed by atoms with Crippen LogP contribution in [-0.4, -0.2) is 4.98 Å². The summed E-state index contributed by atoms with van der Waals surface area (Å²) in [6.07, 6.45) is 1.75. The maximum Gasteiger partial charge on any atom is 0.0958 e. The first kappa shape index (κ1) is 14.6. The van der Waals surface area contributed by atoms with Crippen LogP contribution in [0.3, 0.4) is 0 Å². The van der Waals surface area contributed by atoms with Gasteiger partial charge < -0.3 is 11.1 Å². The molecule has 1 aromatic heterocycles. The summed E-state index contributed by atoms with van der Waals surface area (Å²) in [5, 5.41) is 4.93. The summed E-state index contributed by atoms with van der Waals surface area (Å²) in [5.74, 6) is 0. The minimum Gasteiger partial charge on any atom is -0.398 e.